The zero-order chi connectivity index (χ0) is 13.1. The Bertz CT molecular complexity index is 245. The van der Waals surface area contributed by atoms with Crippen molar-refractivity contribution < 1.29 is 23.0 Å². The molecule has 0 aromatic heterocycles. The zero-order valence-electron chi connectivity index (χ0n) is 10.2. The molecule has 0 bridgehead atoms. The largest absolute Gasteiger partial charge is 0.466 e. The molecule has 100 valence electrons. The monoisotopic (exact) mass is 251 g/mol. The SMILES string of the molecule is CCC(=CCNCCOCC(F)F)C(=O)OC. The van der Waals surface area contributed by atoms with Crippen LogP contribution in [0.15, 0.2) is 11.6 Å². The van der Waals surface area contributed by atoms with Crippen molar-refractivity contribution in [2.75, 3.05) is 33.4 Å². The van der Waals surface area contributed by atoms with Gasteiger partial charge in [-0.1, -0.05) is 13.0 Å². The molecule has 0 rings (SSSR count). The molecule has 0 amide bonds. The van der Waals surface area contributed by atoms with Gasteiger partial charge in [-0.15, -0.1) is 0 Å². The number of carbonyl (C=O) groups is 1. The molecule has 0 fully saturated rings. The number of ether oxygens (including phenoxy) is 2. The quantitative estimate of drug-likeness (QED) is 0.382. The van der Waals surface area contributed by atoms with E-state index in [9.17, 15) is 13.6 Å². The zero-order valence-corrected chi connectivity index (χ0v) is 10.2. The number of rotatable bonds is 9. The van der Waals surface area contributed by atoms with E-state index in [-0.39, 0.29) is 12.6 Å². The second kappa shape index (κ2) is 10.2. The molecule has 0 saturated heterocycles. The summed E-state index contributed by atoms with van der Waals surface area (Å²) in [5, 5.41) is 2.95. The van der Waals surface area contributed by atoms with Gasteiger partial charge in [-0.2, -0.15) is 0 Å². The Hall–Kier alpha value is -1.01. The van der Waals surface area contributed by atoms with Crippen LogP contribution in [0.5, 0.6) is 0 Å². The molecule has 0 aliphatic carbocycles. The molecule has 0 unspecified atom stereocenters. The molecule has 0 heterocycles. The first-order chi connectivity index (χ1) is 8.11. The van der Waals surface area contributed by atoms with Crippen molar-refractivity contribution in [3.05, 3.63) is 11.6 Å². The summed E-state index contributed by atoms with van der Waals surface area (Å²) in [5.74, 6) is -0.344. The number of hydrogen-bond donors (Lipinski definition) is 1. The number of methoxy groups -OCH3 is 1. The molecule has 0 aliphatic heterocycles. The summed E-state index contributed by atoms with van der Waals surface area (Å²) < 4.78 is 32.6. The topological polar surface area (TPSA) is 47.6 Å². The predicted molar refractivity (Wildman–Crippen MR) is 60.1 cm³/mol. The molecular formula is C11H19F2NO3. The smallest absolute Gasteiger partial charge is 0.333 e. The second-order valence-electron chi connectivity index (χ2n) is 3.24. The van der Waals surface area contributed by atoms with E-state index in [1.807, 2.05) is 6.92 Å². The van der Waals surface area contributed by atoms with E-state index in [1.165, 1.54) is 7.11 Å². The highest BCUT2D eigenvalue weighted by Crippen LogP contribution is 2.01. The van der Waals surface area contributed by atoms with Gasteiger partial charge in [-0.25, -0.2) is 13.6 Å². The van der Waals surface area contributed by atoms with Gasteiger partial charge < -0.3 is 14.8 Å². The Morgan fingerprint density at radius 2 is 2.18 bits per heavy atom. The van der Waals surface area contributed by atoms with Crippen LogP contribution in [0, 0.1) is 0 Å². The number of halogens is 2. The number of carbonyl (C=O) groups excluding carboxylic acids is 1. The van der Waals surface area contributed by atoms with Crippen molar-refractivity contribution in [3.8, 4) is 0 Å². The van der Waals surface area contributed by atoms with Crippen molar-refractivity contribution in [3.63, 3.8) is 0 Å². The fourth-order valence-electron chi connectivity index (χ4n) is 1.12. The molecule has 0 saturated carbocycles. The van der Waals surface area contributed by atoms with Crippen molar-refractivity contribution in [2.45, 2.75) is 19.8 Å². The van der Waals surface area contributed by atoms with Gasteiger partial charge in [0.1, 0.15) is 6.61 Å². The van der Waals surface area contributed by atoms with Gasteiger partial charge in [-0.05, 0) is 6.42 Å². The van der Waals surface area contributed by atoms with E-state index >= 15 is 0 Å². The van der Waals surface area contributed by atoms with Crippen molar-refractivity contribution in [1.82, 2.24) is 5.32 Å². The lowest BCUT2D eigenvalue weighted by molar-refractivity contribution is -0.136. The predicted octanol–water partition coefficient (Wildman–Crippen LogP) is 1.37. The minimum atomic E-state index is -2.43. The minimum absolute atomic E-state index is 0.220. The van der Waals surface area contributed by atoms with Gasteiger partial charge >= 0.3 is 5.97 Å². The fraction of sp³-hybridized carbons (Fsp3) is 0.727. The third-order valence-corrected chi connectivity index (χ3v) is 1.99. The van der Waals surface area contributed by atoms with Crippen LogP contribution in [0.2, 0.25) is 0 Å². The Morgan fingerprint density at radius 1 is 1.47 bits per heavy atom. The molecule has 6 heteroatoms. The summed E-state index contributed by atoms with van der Waals surface area (Å²) in [6.45, 7) is 2.48. The second-order valence-corrected chi connectivity index (χ2v) is 3.24. The molecule has 4 nitrogen and oxygen atoms in total. The van der Waals surface area contributed by atoms with Gasteiger partial charge in [0.25, 0.3) is 6.43 Å². The average Bonchev–Trinajstić information content (AvgIpc) is 2.31. The Balaban J connectivity index is 3.60. The van der Waals surface area contributed by atoms with Gasteiger partial charge in [0.05, 0.1) is 13.7 Å². The average molecular weight is 251 g/mol. The maximum atomic E-state index is 11.7. The number of hydrogen-bond acceptors (Lipinski definition) is 4. The van der Waals surface area contributed by atoms with Crippen LogP contribution < -0.4 is 5.32 Å². The highest BCUT2D eigenvalue weighted by molar-refractivity contribution is 5.88. The number of nitrogens with one attached hydrogen (secondary N) is 1. The van der Waals surface area contributed by atoms with E-state index < -0.39 is 13.0 Å². The number of esters is 1. The van der Waals surface area contributed by atoms with Crippen LogP contribution in [0.25, 0.3) is 0 Å². The van der Waals surface area contributed by atoms with E-state index in [0.717, 1.165) is 0 Å². The first kappa shape index (κ1) is 16.0. The maximum absolute atomic E-state index is 11.7. The molecule has 0 aliphatic rings. The van der Waals surface area contributed by atoms with Gasteiger partial charge in [0.2, 0.25) is 0 Å². The minimum Gasteiger partial charge on any atom is -0.466 e. The van der Waals surface area contributed by atoms with Gasteiger partial charge in [-0.3, -0.25) is 0 Å². The lowest BCUT2D eigenvalue weighted by atomic mass is 10.2. The highest BCUT2D eigenvalue weighted by atomic mass is 19.3. The van der Waals surface area contributed by atoms with Crippen molar-refractivity contribution in [1.29, 1.82) is 0 Å². The van der Waals surface area contributed by atoms with Gasteiger partial charge in [0.15, 0.2) is 0 Å². The normalized spacial score (nSPS) is 11.9. The summed E-state index contributed by atoms with van der Waals surface area (Å²) in [6, 6.07) is 0. The summed E-state index contributed by atoms with van der Waals surface area (Å²) in [4.78, 5) is 11.2. The third kappa shape index (κ3) is 8.76. The molecular weight excluding hydrogens is 232 g/mol. The summed E-state index contributed by atoms with van der Waals surface area (Å²) >= 11 is 0. The molecule has 0 aromatic rings. The molecule has 0 radical (unpaired) electrons. The fourth-order valence-corrected chi connectivity index (χ4v) is 1.12. The molecule has 0 atom stereocenters. The summed E-state index contributed by atoms with van der Waals surface area (Å²) in [6.07, 6.45) is -0.115. The first-order valence-corrected chi connectivity index (χ1v) is 5.45. The van der Waals surface area contributed by atoms with Crippen LogP contribution in [0.4, 0.5) is 8.78 Å². The number of alkyl halides is 2. The summed E-state index contributed by atoms with van der Waals surface area (Å²) in [7, 11) is 1.33. The first-order valence-electron chi connectivity index (χ1n) is 5.45. The molecule has 1 N–H and O–H groups in total. The van der Waals surface area contributed by atoms with Crippen LogP contribution in [0.1, 0.15) is 13.3 Å². The van der Waals surface area contributed by atoms with Gasteiger partial charge in [0, 0.05) is 18.7 Å². The van der Waals surface area contributed by atoms with E-state index in [2.05, 4.69) is 14.8 Å². The van der Waals surface area contributed by atoms with E-state index in [0.29, 0.717) is 25.1 Å². The highest BCUT2D eigenvalue weighted by Gasteiger charge is 2.05. The van der Waals surface area contributed by atoms with Crippen molar-refractivity contribution in [2.24, 2.45) is 0 Å². The maximum Gasteiger partial charge on any atom is 0.333 e. The van der Waals surface area contributed by atoms with Crippen LogP contribution >= 0.6 is 0 Å². The Morgan fingerprint density at radius 3 is 2.71 bits per heavy atom. The lowest BCUT2D eigenvalue weighted by Gasteiger charge is -2.05. The van der Waals surface area contributed by atoms with E-state index in [1.54, 1.807) is 6.08 Å². The Labute approximate surface area is 100.0 Å². The Kier molecular flexibility index (Phi) is 9.56. The van der Waals surface area contributed by atoms with Crippen LogP contribution in [-0.2, 0) is 14.3 Å². The molecule has 0 aromatic carbocycles. The van der Waals surface area contributed by atoms with Crippen LogP contribution in [0.3, 0.4) is 0 Å². The van der Waals surface area contributed by atoms with Crippen LogP contribution in [-0.4, -0.2) is 45.8 Å². The molecule has 17 heavy (non-hydrogen) atoms. The standard InChI is InChI=1S/C11H19F2NO3/c1-3-9(11(15)16-2)4-5-14-6-7-17-8-10(12)13/h4,10,14H,3,5-8H2,1-2H3. The van der Waals surface area contributed by atoms with E-state index in [4.69, 9.17) is 0 Å². The lowest BCUT2D eigenvalue weighted by Crippen LogP contribution is -2.21. The molecule has 0 spiro atoms. The third-order valence-electron chi connectivity index (χ3n) is 1.99. The van der Waals surface area contributed by atoms with Crippen molar-refractivity contribution >= 4 is 5.97 Å². The summed E-state index contributed by atoms with van der Waals surface area (Å²) in [5.41, 5.74) is 0.591.